The highest BCUT2D eigenvalue weighted by molar-refractivity contribution is 5.81. The van der Waals surface area contributed by atoms with Crippen LogP contribution in [-0.4, -0.2) is 70.8 Å². The highest BCUT2D eigenvalue weighted by Gasteiger charge is 2.73. The van der Waals surface area contributed by atoms with Crippen LogP contribution in [0.5, 0.6) is 11.5 Å². The molecule has 2 saturated carbocycles. The molecule has 3 aliphatic carbocycles. The number of carbonyl (C=O) groups is 1. The topological polar surface area (TPSA) is 62.2 Å². The molecule has 6 atom stereocenters. The number of nitrogens with zero attached hydrogens (tertiary/aromatic N) is 2. The molecule has 6 heteroatoms. The Hall–Kier alpha value is -1.79. The number of ether oxygens (including phenoxy) is 2. The molecule has 2 saturated heterocycles. The molecule has 3 aliphatic heterocycles. The van der Waals surface area contributed by atoms with Crippen LogP contribution in [0.15, 0.2) is 12.1 Å². The van der Waals surface area contributed by atoms with Gasteiger partial charge in [0.1, 0.15) is 6.10 Å². The van der Waals surface area contributed by atoms with Gasteiger partial charge in [0, 0.05) is 30.6 Å². The minimum atomic E-state index is -0.825. The quantitative estimate of drug-likeness (QED) is 0.553. The van der Waals surface area contributed by atoms with E-state index >= 15 is 0 Å². The second-order valence-corrected chi connectivity index (χ2v) is 12.5. The molecule has 1 aromatic carbocycles. The van der Waals surface area contributed by atoms with Crippen molar-refractivity contribution in [2.45, 2.75) is 107 Å². The maximum Gasteiger partial charge on any atom is 0.226 e. The van der Waals surface area contributed by atoms with Crippen LogP contribution in [0, 0.1) is 11.8 Å². The average molecular weight is 495 g/mol. The van der Waals surface area contributed by atoms with E-state index in [1.165, 1.54) is 24.0 Å². The zero-order chi connectivity index (χ0) is 24.7. The standard InChI is InChI=1S/C30H42N2O4/c1-3-5-16-35-23-9-8-21-17-24-30(34)12-10-22(32-14-11-20(4-2)28(32)33)27-29(30,25(21)26(23)36-27)13-15-31(24)18-19-6-7-19/h8-9,19-20,22,24,27,34H,3-7,10-18H2,1-2H3/t20?,22-,24+,27-,29-,30+/m0/s1. The maximum atomic E-state index is 13.4. The summed E-state index contributed by atoms with van der Waals surface area (Å²) in [6, 6.07) is 4.50. The number of likely N-dealkylation sites (tertiary alicyclic amines) is 2. The summed E-state index contributed by atoms with van der Waals surface area (Å²) in [6.45, 7) is 7.91. The van der Waals surface area contributed by atoms with Crippen LogP contribution < -0.4 is 9.47 Å². The molecule has 4 fully saturated rings. The molecule has 1 amide bonds. The molecule has 6 nitrogen and oxygen atoms in total. The molecule has 2 bridgehead atoms. The van der Waals surface area contributed by atoms with Crippen molar-refractivity contribution in [1.29, 1.82) is 0 Å². The molecule has 1 aromatic rings. The van der Waals surface area contributed by atoms with Crippen LogP contribution >= 0.6 is 0 Å². The molecule has 7 rings (SSSR count). The number of aliphatic hydroxyl groups is 1. The van der Waals surface area contributed by atoms with Gasteiger partial charge in [0.05, 0.1) is 23.7 Å². The predicted octanol–water partition coefficient (Wildman–Crippen LogP) is 4.06. The summed E-state index contributed by atoms with van der Waals surface area (Å²) < 4.78 is 13.3. The fourth-order valence-electron chi connectivity index (χ4n) is 8.68. The average Bonchev–Trinajstić information content (AvgIpc) is 3.51. The third-order valence-corrected chi connectivity index (χ3v) is 10.7. The lowest BCUT2D eigenvalue weighted by Crippen LogP contribution is -2.78. The van der Waals surface area contributed by atoms with E-state index in [9.17, 15) is 9.90 Å². The number of carbonyl (C=O) groups excluding carboxylic acids is 1. The van der Waals surface area contributed by atoms with E-state index in [2.05, 4.69) is 35.8 Å². The van der Waals surface area contributed by atoms with Gasteiger partial charge < -0.3 is 19.5 Å². The van der Waals surface area contributed by atoms with Crippen molar-refractivity contribution >= 4 is 5.91 Å². The van der Waals surface area contributed by atoms with Crippen molar-refractivity contribution < 1.29 is 19.4 Å². The Morgan fingerprint density at radius 1 is 1.14 bits per heavy atom. The van der Waals surface area contributed by atoms with Gasteiger partial charge in [-0.15, -0.1) is 0 Å². The van der Waals surface area contributed by atoms with E-state index in [0.717, 1.165) is 88.4 Å². The zero-order valence-electron chi connectivity index (χ0n) is 22.0. The van der Waals surface area contributed by atoms with Gasteiger partial charge in [0.25, 0.3) is 0 Å². The number of amides is 1. The number of rotatable bonds is 8. The summed E-state index contributed by atoms with van der Waals surface area (Å²) in [6.07, 6.45) is 9.72. The van der Waals surface area contributed by atoms with Gasteiger partial charge >= 0.3 is 0 Å². The van der Waals surface area contributed by atoms with Crippen molar-refractivity contribution in [3.8, 4) is 11.5 Å². The van der Waals surface area contributed by atoms with Crippen LogP contribution in [0.2, 0.25) is 0 Å². The Labute approximate surface area is 215 Å². The van der Waals surface area contributed by atoms with E-state index in [4.69, 9.17) is 9.47 Å². The lowest BCUT2D eigenvalue weighted by Gasteiger charge is -2.64. The fraction of sp³-hybridized carbons (Fsp3) is 0.767. The van der Waals surface area contributed by atoms with Crippen molar-refractivity contribution in [1.82, 2.24) is 9.80 Å². The minimum Gasteiger partial charge on any atom is -0.490 e. The van der Waals surface area contributed by atoms with Gasteiger partial charge in [-0.25, -0.2) is 0 Å². The van der Waals surface area contributed by atoms with Crippen LogP contribution in [0.4, 0.5) is 0 Å². The molecule has 1 spiro atoms. The number of benzene rings is 1. The summed E-state index contributed by atoms with van der Waals surface area (Å²) in [5.41, 5.74) is 1.26. The summed E-state index contributed by atoms with van der Waals surface area (Å²) in [5.74, 6) is 2.92. The van der Waals surface area contributed by atoms with E-state index in [0.29, 0.717) is 12.5 Å². The van der Waals surface area contributed by atoms with E-state index in [1.807, 2.05) is 0 Å². The first-order valence-electron chi connectivity index (χ1n) is 14.7. The molecule has 0 radical (unpaired) electrons. The van der Waals surface area contributed by atoms with E-state index in [-0.39, 0.29) is 24.1 Å². The molecule has 1 N–H and O–H groups in total. The van der Waals surface area contributed by atoms with Gasteiger partial charge in [-0.05, 0) is 81.9 Å². The van der Waals surface area contributed by atoms with E-state index < -0.39 is 11.0 Å². The Bertz CT molecular complexity index is 1060. The van der Waals surface area contributed by atoms with E-state index in [1.54, 1.807) is 0 Å². The number of piperidine rings is 1. The molecule has 1 unspecified atom stereocenters. The van der Waals surface area contributed by atoms with Crippen molar-refractivity contribution in [3.05, 3.63) is 23.3 Å². The summed E-state index contributed by atoms with van der Waals surface area (Å²) in [5, 5.41) is 12.8. The number of hydrogen-bond acceptors (Lipinski definition) is 5. The molecular formula is C30H42N2O4. The third kappa shape index (κ3) is 3.06. The molecule has 3 heterocycles. The number of unbranched alkanes of at least 4 members (excludes halogenated alkanes) is 1. The van der Waals surface area contributed by atoms with Gasteiger partial charge in [-0.3, -0.25) is 9.69 Å². The fourth-order valence-corrected chi connectivity index (χ4v) is 8.68. The lowest BCUT2D eigenvalue weighted by molar-refractivity contribution is -0.200. The molecule has 196 valence electrons. The molecule has 0 aromatic heterocycles. The minimum absolute atomic E-state index is 0.0202. The summed E-state index contributed by atoms with van der Waals surface area (Å²) >= 11 is 0. The Morgan fingerprint density at radius 3 is 2.75 bits per heavy atom. The number of hydrogen-bond donors (Lipinski definition) is 1. The smallest absolute Gasteiger partial charge is 0.226 e. The first kappa shape index (κ1) is 23.3. The Kier molecular flexibility index (Phi) is 5.42. The second kappa shape index (κ2) is 8.36. The molecular weight excluding hydrogens is 452 g/mol. The SMILES string of the molecule is CCCCOc1ccc2c3c1O[C@H]1[C@@H](N4CCC(CC)C4=O)CC[C@@]4(O)[C@@H](C2)N(CC2CC2)CC[C@]314. The zero-order valence-corrected chi connectivity index (χ0v) is 22.0. The highest BCUT2D eigenvalue weighted by Crippen LogP contribution is 2.66. The van der Waals surface area contributed by atoms with Gasteiger partial charge in [0.2, 0.25) is 5.91 Å². The van der Waals surface area contributed by atoms with Crippen LogP contribution in [0.25, 0.3) is 0 Å². The summed E-state index contributed by atoms with van der Waals surface area (Å²) in [7, 11) is 0. The van der Waals surface area contributed by atoms with Crippen LogP contribution in [0.1, 0.15) is 82.8 Å². The third-order valence-electron chi connectivity index (χ3n) is 10.7. The van der Waals surface area contributed by atoms with Crippen molar-refractivity contribution in [2.75, 3.05) is 26.2 Å². The Balaban J connectivity index is 1.33. The largest absolute Gasteiger partial charge is 0.490 e. The normalized spacial score (nSPS) is 38.8. The van der Waals surface area contributed by atoms with Crippen molar-refractivity contribution in [3.63, 3.8) is 0 Å². The van der Waals surface area contributed by atoms with Crippen molar-refractivity contribution in [2.24, 2.45) is 11.8 Å². The second-order valence-electron chi connectivity index (χ2n) is 12.5. The first-order valence-corrected chi connectivity index (χ1v) is 14.7. The molecule has 6 aliphatic rings. The maximum absolute atomic E-state index is 13.4. The lowest BCUT2D eigenvalue weighted by atomic mass is 9.48. The summed E-state index contributed by atoms with van der Waals surface area (Å²) in [4.78, 5) is 18.2. The van der Waals surface area contributed by atoms with Gasteiger partial charge in [-0.1, -0.05) is 26.3 Å². The Morgan fingerprint density at radius 2 is 2.00 bits per heavy atom. The monoisotopic (exact) mass is 494 g/mol. The molecule has 36 heavy (non-hydrogen) atoms. The van der Waals surface area contributed by atoms with Gasteiger partial charge in [0.15, 0.2) is 11.5 Å². The van der Waals surface area contributed by atoms with Gasteiger partial charge in [-0.2, -0.15) is 0 Å². The predicted molar refractivity (Wildman–Crippen MR) is 137 cm³/mol. The van der Waals surface area contributed by atoms with Crippen LogP contribution in [0.3, 0.4) is 0 Å². The first-order chi connectivity index (χ1) is 17.5. The highest BCUT2D eigenvalue weighted by atomic mass is 16.5. The van der Waals surface area contributed by atoms with Crippen LogP contribution in [-0.2, 0) is 16.6 Å².